The predicted octanol–water partition coefficient (Wildman–Crippen LogP) is 6.10. The fraction of sp³-hybridized carbons (Fsp3) is 0.286. The lowest BCUT2D eigenvalue weighted by Crippen LogP contribution is -2.47. The molecule has 1 aliphatic rings. The zero-order valence-electron chi connectivity index (χ0n) is 26.8. The van der Waals surface area contributed by atoms with Crippen LogP contribution in [0.25, 0.3) is 0 Å². The van der Waals surface area contributed by atoms with Gasteiger partial charge >= 0.3 is 6.09 Å². The molecule has 0 saturated heterocycles. The summed E-state index contributed by atoms with van der Waals surface area (Å²) in [5.41, 5.74) is -0.0724. The topological polar surface area (TPSA) is 139 Å². The Morgan fingerprint density at radius 1 is 1.04 bits per heavy atom. The molecule has 5 rings (SSSR count). The molecule has 13 heteroatoms. The van der Waals surface area contributed by atoms with Gasteiger partial charge in [0.15, 0.2) is 0 Å². The maximum Gasteiger partial charge on any atom is 0.407 e. The molecule has 248 valence electrons. The Kier molecular flexibility index (Phi) is 9.47. The van der Waals surface area contributed by atoms with Crippen molar-refractivity contribution in [2.75, 3.05) is 23.4 Å². The van der Waals surface area contributed by atoms with Crippen molar-refractivity contribution in [3.05, 3.63) is 107 Å². The first-order valence-electron chi connectivity index (χ1n) is 15.2. The Hall–Kier alpha value is -5.77. The van der Waals surface area contributed by atoms with E-state index in [1.165, 1.54) is 70.4 Å². The van der Waals surface area contributed by atoms with Gasteiger partial charge < -0.3 is 25.0 Å². The Labute approximate surface area is 276 Å². The summed E-state index contributed by atoms with van der Waals surface area (Å²) in [5.74, 6) is -4.06. The summed E-state index contributed by atoms with van der Waals surface area (Å²) in [6, 6.07) is 19.0. The first-order valence-corrected chi connectivity index (χ1v) is 15.2. The van der Waals surface area contributed by atoms with Crippen molar-refractivity contribution in [3.8, 4) is 11.8 Å². The van der Waals surface area contributed by atoms with Gasteiger partial charge in [0, 0.05) is 22.4 Å². The third-order valence-corrected chi connectivity index (χ3v) is 7.42. The summed E-state index contributed by atoms with van der Waals surface area (Å²) in [4.78, 5) is 40.3. The van der Waals surface area contributed by atoms with E-state index in [1.807, 2.05) is 13.0 Å². The molecule has 1 aromatic heterocycles. The van der Waals surface area contributed by atoms with E-state index in [2.05, 4.69) is 15.7 Å². The average molecular weight is 657 g/mol. The van der Waals surface area contributed by atoms with E-state index in [4.69, 9.17) is 9.47 Å². The monoisotopic (exact) mass is 656 g/mol. The SMILES string of the molecule is C[C@H]1Cn2ncc(NC(=O)c3ccc(OCCNC(=O)OC(C)(C)C)c(C#N)c3)c2C(=O)N1c1ccc(C(F)(F)c2ccccc2)cc1. The normalized spacial score (nSPS) is 14.5. The third kappa shape index (κ3) is 7.28. The number of carbonyl (C=O) groups excluding carboxylic acids is 3. The highest BCUT2D eigenvalue weighted by Gasteiger charge is 2.37. The van der Waals surface area contributed by atoms with Gasteiger partial charge in [0.25, 0.3) is 17.7 Å². The summed E-state index contributed by atoms with van der Waals surface area (Å²) < 4.78 is 42.5. The number of aromatic nitrogens is 2. The fourth-order valence-corrected chi connectivity index (χ4v) is 5.21. The number of fused-ring (bicyclic) bond motifs is 1. The van der Waals surface area contributed by atoms with E-state index in [0.29, 0.717) is 12.2 Å². The van der Waals surface area contributed by atoms with Crippen LogP contribution >= 0.6 is 0 Å². The molecule has 0 fully saturated rings. The second kappa shape index (κ2) is 13.5. The quantitative estimate of drug-likeness (QED) is 0.208. The molecule has 3 amide bonds. The number of hydrogen-bond acceptors (Lipinski definition) is 7. The van der Waals surface area contributed by atoms with Crippen LogP contribution in [0, 0.1) is 11.3 Å². The second-order valence-electron chi connectivity index (χ2n) is 12.2. The number of nitrogens with one attached hydrogen (secondary N) is 2. The molecule has 0 unspecified atom stereocenters. The standard InChI is InChI=1S/C35H34F2N6O5/c1-22-21-42-30(32(45)43(22)27-13-11-26(12-14-27)35(36,37)25-8-6-5-7-9-25)28(20-40-42)41-31(44)23-10-15-29(24(18-23)19-38)47-17-16-39-33(46)48-34(2,3)4/h5-15,18,20,22H,16-17,21H2,1-4H3,(H,39,46)(H,41,44)/t22-/m0/s1. The highest BCUT2D eigenvalue weighted by atomic mass is 19.3. The number of benzene rings is 3. The Bertz CT molecular complexity index is 1860. The number of carbonyl (C=O) groups is 3. The third-order valence-electron chi connectivity index (χ3n) is 7.42. The number of nitrogens with zero attached hydrogens (tertiary/aromatic N) is 4. The Balaban J connectivity index is 1.27. The van der Waals surface area contributed by atoms with Crippen LogP contribution in [0.2, 0.25) is 0 Å². The van der Waals surface area contributed by atoms with Crippen molar-refractivity contribution in [1.29, 1.82) is 5.26 Å². The van der Waals surface area contributed by atoms with Gasteiger partial charge in [-0.25, -0.2) is 4.79 Å². The molecule has 0 spiro atoms. The summed E-state index contributed by atoms with van der Waals surface area (Å²) in [7, 11) is 0. The van der Waals surface area contributed by atoms with Crippen LogP contribution in [0.4, 0.5) is 25.0 Å². The maximum absolute atomic E-state index is 15.1. The van der Waals surface area contributed by atoms with Crippen LogP contribution in [-0.2, 0) is 17.2 Å². The van der Waals surface area contributed by atoms with E-state index in [9.17, 15) is 19.6 Å². The molecule has 2 N–H and O–H groups in total. The average Bonchev–Trinajstić information content (AvgIpc) is 3.45. The number of halogens is 2. The minimum absolute atomic E-state index is 0.0528. The summed E-state index contributed by atoms with van der Waals surface area (Å²) in [6.07, 6.45) is 0.768. The number of hydrogen-bond donors (Lipinski definition) is 2. The number of alkyl carbamates (subject to hydrolysis) is 1. The smallest absolute Gasteiger partial charge is 0.407 e. The molecule has 4 aromatic rings. The fourth-order valence-electron chi connectivity index (χ4n) is 5.21. The number of rotatable bonds is 9. The minimum Gasteiger partial charge on any atom is -0.490 e. The molecular formula is C35H34F2N6O5. The molecule has 3 aromatic carbocycles. The van der Waals surface area contributed by atoms with E-state index in [1.54, 1.807) is 39.0 Å². The van der Waals surface area contributed by atoms with Crippen LogP contribution in [0.3, 0.4) is 0 Å². The molecule has 1 atom stereocenters. The van der Waals surface area contributed by atoms with Gasteiger partial charge in [0.2, 0.25) is 0 Å². The van der Waals surface area contributed by atoms with Crippen LogP contribution < -0.4 is 20.3 Å². The van der Waals surface area contributed by atoms with Crippen molar-refractivity contribution in [2.45, 2.75) is 51.8 Å². The van der Waals surface area contributed by atoms with Gasteiger partial charge in [-0.2, -0.15) is 19.1 Å². The molecule has 11 nitrogen and oxygen atoms in total. The van der Waals surface area contributed by atoms with Crippen molar-refractivity contribution in [3.63, 3.8) is 0 Å². The number of nitriles is 1. The van der Waals surface area contributed by atoms with E-state index in [-0.39, 0.29) is 58.6 Å². The van der Waals surface area contributed by atoms with Gasteiger partial charge in [-0.15, -0.1) is 0 Å². The zero-order valence-corrected chi connectivity index (χ0v) is 26.8. The molecule has 0 radical (unpaired) electrons. The van der Waals surface area contributed by atoms with Crippen LogP contribution in [-0.4, -0.2) is 52.5 Å². The van der Waals surface area contributed by atoms with Gasteiger partial charge in [-0.3, -0.25) is 14.3 Å². The second-order valence-corrected chi connectivity index (χ2v) is 12.2. The number of amides is 3. The highest BCUT2D eigenvalue weighted by molar-refractivity contribution is 6.13. The zero-order chi connectivity index (χ0) is 34.6. The largest absolute Gasteiger partial charge is 0.490 e. The lowest BCUT2D eigenvalue weighted by Gasteiger charge is -2.34. The van der Waals surface area contributed by atoms with Gasteiger partial charge in [-0.1, -0.05) is 42.5 Å². The van der Waals surface area contributed by atoms with Gasteiger partial charge in [-0.05, 0) is 58.0 Å². The summed E-state index contributed by atoms with van der Waals surface area (Å²) in [6.45, 7) is 7.53. The van der Waals surface area contributed by atoms with Gasteiger partial charge in [0.1, 0.15) is 29.7 Å². The minimum atomic E-state index is -3.22. The van der Waals surface area contributed by atoms with Crippen LogP contribution in [0.1, 0.15) is 65.2 Å². The molecule has 0 bridgehead atoms. The molecular weight excluding hydrogens is 622 g/mol. The van der Waals surface area contributed by atoms with Crippen molar-refractivity contribution < 1.29 is 32.6 Å². The predicted molar refractivity (Wildman–Crippen MR) is 173 cm³/mol. The van der Waals surface area contributed by atoms with Crippen molar-refractivity contribution in [2.24, 2.45) is 0 Å². The first kappa shape index (κ1) is 33.6. The number of anilines is 2. The number of ether oxygens (including phenoxy) is 2. The Morgan fingerprint density at radius 3 is 2.40 bits per heavy atom. The van der Waals surface area contributed by atoms with Crippen LogP contribution in [0.5, 0.6) is 5.75 Å². The molecule has 2 heterocycles. The van der Waals surface area contributed by atoms with E-state index in [0.717, 1.165) is 0 Å². The molecule has 0 aliphatic carbocycles. The van der Waals surface area contributed by atoms with Crippen molar-refractivity contribution in [1.82, 2.24) is 15.1 Å². The maximum atomic E-state index is 15.1. The lowest BCUT2D eigenvalue weighted by atomic mass is 9.99. The molecule has 48 heavy (non-hydrogen) atoms. The van der Waals surface area contributed by atoms with Crippen LogP contribution in [0.15, 0.2) is 79.0 Å². The summed E-state index contributed by atoms with van der Waals surface area (Å²) >= 11 is 0. The van der Waals surface area contributed by atoms with Gasteiger partial charge in [0.05, 0.1) is 36.6 Å². The van der Waals surface area contributed by atoms with E-state index < -0.39 is 29.4 Å². The lowest BCUT2D eigenvalue weighted by molar-refractivity contribution is 0.0428. The highest BCUT2D eigenvalue weighted by Crippen LogP contribution is 2.37. The summed E-state index contributed by atoms with van der Waals surface area (Å²) in [5, 5.41) is 19.2. The molecule has 0 saturated carbocycles. The Morgan fingerprint density at radius 2 is 1.73 bits per heavy atom. The van der Waals surface area contributed by atoms with Crippen molar-refractivity contribution >= 4 is 29.3 Å². The molecule has 1 aliphatic heterocycles. The number of alkyl halides is 2. The van der Waals surface area contributed by atoms with E-state index >= 15 is 8.78 Å². The first-order chi connectivity index (χ1) is 22.8.